The SMILES string of the molecule is CC(=O)CCCCCCCCC(C)=O.Cc1cc(C)c(O)c(-n2nc3ccccc3n2)c1. The van der Waals surface area contributed by atoms with E-state index in [1.165, 1.54) is 17.6 Å². The molecular formula is C26H35N3O3. The first kappa shape index (κ1) is 25.2. The van der Waals surface area contributed by atoms with Gasteiger partial charge in [0.05, 0.1) is 0 Å². The van der Waals surface area contributed by atoms with Crippen molar-refractivity contribution in [3.8, 4) is 11.4 Å². The topological polar surface area (TPSA) is 85.1 Å². The molecule has 0 saturated heterocycles. The van der Waals surface area contributed by atoms with E-state index in [-0.39, 0.29) is 5.75 Å². The maximum atomic E-state index is 10.6. The minimum absolute atomic E-state index is 0.223. The molecule has 0 fully saturated rings. The van der Waals surface area contributed by atoms with Crippen molar-refractivity contribution in [2.75, 3.05) is 0 Å². The van der Waals surface area contributed by atoms with Gasteiger partial charge in [-0.25, -0.2) is 0 Å². The van der Waals surface area contributed by atoms with Gasteiger partial charge in [0.25, 0.3) is 0 Å². The van der Waals surface area contributed by atoms with Crippen LogP contribution in [0.2, 0.25) is 0 Å². The maximum Gasteiger partial charge on any atom is 0.146 e. The van der Waals surface area contributed by atoms with Crippen LogP contribution < -0.4 is 0 Å². The van der Waals surface area contributed by atoms with Crippen LogP contribution in [0.1, 0.15) is 76.3 Å². The molecule has 0 aliphatic rings. The molecule has 0 atom stereocenters. The van der Waals surface area contributed by atoms with E-state index in [4.69, 9.17) is 0 Å². The minimum Gasteiger partial charge on any atom is -0.505 e. The second-order valence-corrected chi connectivity index (χ2v) is 8.45. The molecule has 0 unspecified atom stereocenters. The highest BCUT2D eigenvalue weighted by atomic mass is 16.3. The number of aromatic hydroxyl groups is 1. The first-order valence-electron chi connectivity index (χ1n) is 11.4. The number of unbranched alkanes of at least 4 members (excludes halogenated alkanes) is 5. The zero-order chi connectivity index (χ0) is 23.5. The van der Waals surface area contributed by atoms with Crippen molar-refractivity contribution in [3.05, 3.63) is 47.5 Å². The molecule has 3 aromatic rings. The van der Waals surface area contributed by atoms with Gasteiger partial charge in [-0.15, -0.1) is 15.0 Å². The Hall–Kier alpha value is -3.02. The van der Waals surface area contributed by atoms with E-state index in [1.807, 2.05) is 50.2 Å². The molecule has 0 saturated carbocycles. The number of rotatable bonds is 10. The summed E-state index contributed by atoms with van der Waals surface area (Å²) in [6.07, 6.45) is 8.22. The highest BCUT2D eigenvalue weighted by Gasteiger charge is 2.11. The third-order valence-corrected chi connectivity index (χ3v) is 5.23. The number of phenolic OH excluding ortho intramolecular Hbond substituents is 1. The molecule has 6 nitrogen and oxygen atoms in total. The average molecular weight is 438 g/mol. The van der Waals surface area contributed by atoms with E-state index in [0.717, 1.165) is 60.7 Å². The fourth-order valence-electron chi connectivity index (χ4n) is 3.51. The fourth-order valence-corrected chi connectivity index (χ4v) is 3.51. The molecule has 6 heteroatoms. The zero-order valence-electron chi connectivity index (χ0n) is 19.7. The molecule has 2 aromatic carbocycles. The third kappa shape index (κ3) is 8.25. The highest BCUT2D eigenvalue weighted by molar-refractivity contribution is 5.75. The number of phenols is 1. The quantitative estimate of drug-likeness (QED) is 0.392. The molecule has 172 valence electrons. The van der Waals surface area contributed by atoms with Gasteiger partial charge in [-0.1, -0.05) is 43.9 Å². The summed E-state index contributed by atoms with van der Waals surface area (Å²) in [6.45, 7) is 7.15. The van der Waals surface area contributed by atoms with Crippen molar-refractivity contribution in [2.24, 2.45) is 0 Å². The van der Waals surface area contributed by atoms with Crippen molar-refractivity contribution in [1.82, 2.24) is 15.0 Å². The molecule has 0 radical (unpaired) electrons. The number of fused-ring (bicyclic) bond motifs is 1. The zero-order valence-corrected chi connectivity index (χ0v) is 19.7. The Labute approximate surface area is 190 Å². The van der Waals surface area contributed by atoms with Crippen molar-refractivity contribution in [3.63, 3.8) is 0 Å². The molecule has 0 amide bonds. The van der Waals surface area contributed by atoms with Gasteiger partial charge in [-0.3, -0.25) is 0 Å². The van der Waals surface area contributed by atoms with Crippen molar-refractivity contribution in [1.29, 1.82) is 0 Å². The van der Waals surface area contributed by atoms with E-state index in [1.54, 1.807) is 13.8 Å². The summed E-state index contributed by atoms with van der Waals surface area (Å²) in [6, 6.07) is 11.5. The molecule has 0 aliphatic heterocycles. The minimum atomic E-state index is 0.223. The van der Waals surface area contributed by atoms with Crippen LogP contribution in [0.15, 0.2) is 36.4 Å². The third-order valence-electron chi connectivity index (χ3n) is 5.23. The number of aromatic nitrogens is 3. The van der Waals surface area contributed by atoms with Crippen LogP contribution in [-0.4, -0.2) is 31.7 Å². The second-order valence-electron chi connectivity index (χ2n) is 8.45. The fraction of sp³-hybridized carbons (Fsp3) is 0.462. The van der Waals surface area contributed by atoms with Gasteiger partial charge in [-0.2, -0.15) is 0 Å². The van der Waals surface area contributed by atoms with Gasteiger partial charge in [0.1, 0.15) is 34.0 Å². The largest absolute Gasteiger partial charge is 0.505 e. The molecule has 1 heterocycles. The van der Waals surface area contributed by atoms with E-state index in [2.05, 4.69) is 10.2 Å². The number of benzene rings is 2. The van der Waals surface area contributed by atoms with Crippen molar-refractivity contribution >= 4 is 22.6 Å². The first-order chi connectivity index (χ1) is 15.3. The summed E-state index contributed by atoms with van der Waals surface area (Å²) in [4.78, 5) is 22.7. The maximum absolute atomic E-state index is 10.6. The van der Waals surface area contributed by atoms with Crippen LogP contribution in [0.25, 0.3) is 16.7 Å². The van der Waals surface area contributed by atoms with Crippen molar-refractivity contribution < 1.29 is 14.7 Å². The number of Topliss-reactive ketones (excluding diaryl/α,β-unsaturated/α-hetero) is 2. The Bertz CT molecular complexity index is 987. The molecule has 32 heavy (non-hydrogen) atoms. The lowest BCUT2D eigenvalue weighted by Gasteiger charge is -2.07. The van der Waals surface area contributed by atoms with Crippen LogP contribution in [0.5, 0.6) is 5.75 Å². The predicted molar refractivity (Wildman–Crippen MR) is 128 cm³/mol. The standard InChI is InChI=1S/C14H13N3O.C12H22O2/c1-9-7-10(2)14(18)13(8-9)17-15-11-5-3-4-6-12(11)16-17;1-11(13)9-7-5-3-4-6-8-10-12(2)14/h3-8,18H,1-2H3;3-10H2,1-2H3. The van der Waals surface area contributed by atoms with E-state index in [9.17, 15) is 14.7 Å². The van der Waals surface area contributed by atoms with E-state index < -0.39 is 0 Å². The van der Waals surface area contributed by atoms with Gasteiger partial charge in [0.15, 0.2) is 0 Å². The highest BCUT2D eigenvalue weighted by Crippen LogP contribution is 2.27. The summed E-state index contributed by atoms with van der Waals surface area (Å²) < 4.78 is 0. The molecule has 1 N–H and O–H groups in total. The number of nitrogens with zero attached hydrogens (tertiary/aromatic N) is 3. The lowest BCUT2D eigenvalue weighted by molar-refractivity contribution is -0.118. The summed E-state index contributed by atoms with van der Waals surface area (Å²) in [5, 5.41) is 18.8. The number of carbonyl (C=O) groups excluding carboxylic acids is 2. The molecule has 1 aromatic heterocycles. The van der Waals surface area contributed by atoms with Crippen LogP contribution in [-0.2, 0) is 9.59 Å². The normalized spacial score (nSPS) is 10.6. The Balaban J connectivity index is 0.000000237. The smallest absolute Gasteiger partial charge is 0.146 e. The summed E-state index contributed by atoms with van der Waals surface area (Å²) in [7, 11) is 0. The van der Waals surface area contributed by atoms with Crippen LogP contribution in [0, 0.1) is 13.8 Å². The van der Waals surface area contributed by atoms with Gasteiger partial charge in [0.2, 0.25) is 0 Å². The number of carbonyl (C=O) groups is 2. The van der Waals surface area contributed by atoms with Crippen molar-refractivity contribution in [2.45, 2.75) is 79.1 Å². The predicted octanol–water partition coefficient (Wildman–Crippen LogP) is 6.03. The Morgan fingerprint density at radius 2 is 1.28 bits per heavy atom. The number of hydrogen-bond acceptors (Lipinski definition) is 5. The Morgan fingerprint density at radius 1 is 0.812 bits per heavy atom. The summed E-state index contributed by atoms with van der Waals surface area (Å²) in [5.74, 6) is 0.809. The summed E-state index contributed by atoms with van der Waals surface area (Å²) >= 11 is 0. The molecule has 0 spiro atoms. The number of ketones is 2. The van der Waals surface area contributed by atoms with Gasteiger partial charge in [-0.05, 0) is 69.9 Å². The molecule has 0 aliphatic carbocycles. The summed E-state index contributed by atoms with van der Waals surface area (Å²) in [5.41, 5.74) is 4.14. The number of aryl methyl sites for hydroxylation is 2. The second kappa shape index (κ2) is 12.7. The lowest BCUT2D eigenvalue weighted by atomic mass is 10.1. The Morgan fingerprint density at radius 3 is 1.75 bits per heavy atom. The van der Waals surface area contributed by atoms with Crippen LogP contribution in [0.4, 0.5) is 0 Å². The van der Waals surface area contributed by atoms with E-state index in [0.29, 0.717) is 17.3 Å². The lowest BCUT2D eigenvalue weighted by Crippen LogP contribution is -2.00. The number of hydrogen-bond donors (Lipinski definition) is 1. The first-order valence-corrected chi connectivity index (χ1v) is 11.4. The van der Waals surface area contributed by atoms with Crippen LogP contribution in [0.3, 0.4) is 0 Å². The van der Waals surface area contributed by atoms with Gasteiger partial charge in [0, 0.05) is 12.8 Å². The van der Waals surface area contributed by atoms with Crippen LogP contribution >= 0.6 is 0 Å². The monoisotopic (exact) mass is 437 g/mol. The van der Waals surface area contributed by atoms with Gasteiger partial charge >= 0.3 is 0 Å². The van der Waals surface area contributed by atoms with Gasteiger partial charge < -0.3 is 14.7 Å². The van der Waals surface area contributed by atoms with E-state index >= 15 is 0 Å². The molecule has 3 rings (SSSR count). The average Bonchev–Trinajstić information content (AvgIpc) is 3.16. The Kier molecular flexibility index (Phi) is 10.1. The molecular weight excluding hydrogens is 402 g/mol. The molecule has 0 bridgehead atoms.